The Balaban J connectivity index is 2.84. The van der Waals surface area contributed by atoms with Crippen LogP contribution in [0.25, 0.3) is 0 Å². The quantitative estimate of drug-likeness (QED) is 0.801. The molecule has 1 atom stereocenters. The fourth-order valence-electron chi connectivity index (χ4n) is 1.83. The molecule has 0 aliphatic heterocycles. The van der Waals surface area contributed by atoms with Crippen LogP contribution in [-0.4, -0.2) is 19.0 Å². The van der Waals surface area contributed by atoms with Crippen molar-refractivity contribution in [2.45, 2.75) is 25.7 Å². The fraction of sp³-hybridized carbons (Fsp3) is 0.429. The van der Waals surface area contributed by atoms with Crippen LogP contribution in [0, 0.1) is 11.3 Å². The molecule has 96 valence electrons. The van der Waals surface area contributed by atoms with E-state index in [0.29, 0.717) is 25.1 Å². The first-order chi connectivity index (χ1) is 8.72. The molecule has 1 aromatic carbocycles. The molecule has 0 aromatic heterocycles. The van der Waals surface area contributed by atoms with Gasteiger partial charge in [-0.3, -0.25) is 4.79 Å². The normalized spacial score (nSPS) is 11.6. The third-order valence-electron chi connectivity index (χ3n) is 2.88. The van der Waals surface area contributed by atoms with Crippen LogP contribution in [0.3, 0.4) is 0 Å². The number of hydrogen-bond donors (Lipinski definition) is 2. The first-order valence-corrected chi connectivity index (χ1v) is 6.18. The minimum absolute atomic E-state index is 0.117. The van der Waals surface area contributed by atoms with Crippen LogP contribution in [0.4, 0.5) is 0 Å². The van der Waals surface area contributed by atoms with Gasteiger partial charge in [0.2, 0.25) is 0 Å². The summed E-state index contributed by atoms with van der Waals surface area (Å²) in [5.74, 6) is 0.0753. The zero-order valence-electron chi connectivity index (χ0n) is 10.6. The third-order valence-corrected chi connectivity index (χ3v) is 2.88. The number of nitrogens with zero attached hydrogens (tertiary/aromatic N) is 1. The van der Waals surface area contributed by atoms with E-state index in [1.165, 1.54) is 0 Å². The zero-order valence-corrected chi connectivity index (χ0v) is 10.6. The van der Waals surface area contributed by atoms with Gasteiger partial charge >= 0.3 is 0 Å². The Morgan fingerprint density at radius 1 is 1.56 bits per heavy atom. The molecular formula is C14H19N3O. The highest BCUT2D eigenvalue weighted by atomic mass is 16.1. The average molecular weight is 245 g/mol. The largest absolute Gasteiger partial charge is 0.351 e. The highest BCUT2D eigenvalue weighted by molar-refractivity contribution is 5.94. The minimum Gasteiger partial charge on any atom is -0.351 e. The standard InChI is InChI=1S/C14H19N3O/c1-2-11(6-7-15)12-4-3-5-13(10-12)14(18)17-9-8-16/h3-5,10-11H,2,6,8-9,16H2,1H3,(H,17,18). The number of hydrogen-bond acceptors (Lipinski definition) is 3. The summed E-state index contributed by atoms with van der Waals surface area (Å²) >= 11 is 0. The average Bonchev–Trinajstić information content (AvgIpc) is 2.42. The Morgan fingerprint density at radius 2 is 2.33 bits per heavy atom. The van der Waals surface area contributed by atoms with E-state index >= 15 is 0 Å². The van der Waals surface area contributed by atoms with Crippen LogP contribution in [0.2, 0.25) is 0 Å². The van der Waals surface area contributed by atoms with Gasteiger partial charge in [0, 0.05) is 25.1 Å². The molecule has 0 bridgehead atoms. The van der Waals surface area contributed by atoms with Gasteiger partial charge in [0.25, 0.3) is 5.91 Å². The number of rotatable bonds is 6. The van der Waals surface area contributed by atoms with E-state index in [2.05, 4.69) is 11.4 Å². The second-order valence-electron chi connectivity index (χ2n) is 4.14. The monoisotopic (exact) mass is 245 g/mol. The first kappa shape index (κ1) is 14.2. The third kappa shape index (κ3) is 3.86. The number of carbonyl (C=O) groups excluding carboxylic acids is 1. The Labute approximate surface area is 108 Å². The number of amides is 1. The fourth-order valence-corrected chi connectivity index (χ4v) is 1.83. The van der Waals surface area contributed by atoms with E-state index in [1.807, 2.05) is 25.1 Å². The van der Waals surface area contributed by atoms with E-state index in [4.69, 9.17) is 11.0 Å². The van der Waals surface area contributed by atoms with Crippen LogP contribution >= 0.6 is 0 Å². The van der Waals surface area contributed by atoms with Gasteiger partial charge in [-0.25, -0.2) is 0 Å². The molecule has 0 aliphatic carbocycles. The van der Waals surface area contributed by atoms with Crippen molar-refractivity contribution in [2.24, 2.45) is 5.73 Å². The van der Waals surface area contributed by atoms with Gasteiger partial charge < -0.3 is 11.1 Å². The topological polar surface area (TPSA) is 78.9 Å². The second kappa shape index (κ2) is 7.46. The maximum atomic E-state index is 11.8. The molecule has 1 amide bonds. The van der Waals surface area contributed by atoms with Crippen LogP contribution in [0.15, 0.2) is 24.3 Å². The van der Waals surface area contributed by atoms with Crippen molar-refractivity contribution in [2.75, 3.05) is 13.1 Å². The number of nitriles is 1. The lowest BCUT2D eigenvalue weighted by Crippen LogP contribution is -2.29. The highest BCUT2D eigenvalue weighted by Crippen LogP contribution is 2.23. The summed E-state index contributed by atoms with van der Waals surface area (Å²) in [7, 11) is 0. The molecule has 3 N–H and O–H groups in total. The molecular weight excluding hydrogens is 226 g/mol. The second-order valence-corrected chi connectivity index (χ2v) is 4.14. The number of nitrogens with two attached hydrogens (primary N) is 1. The van der Waals surface area contributed by atoms with E-state index < -0.39 is 0 Å². The first-order valence-electron chi connectivity index (χ1n) is 6.18. The molecule has 0 spiro atoms. The van der Waals surface area contributed by atoms with E-state index in [9.17, 15) is 4.79 Å². The van der Waals surface area contributed by atoms with Crippen molar-refractivity contribution in [1.29, 1.82) is 5.26 Å². The minimum atomic E-state index is -0.117. The van der Waals surface area contributed by atoms with Crippen LogP contribution < -0.4 is 11.1 Å². The van der Waals surface area contributed by atoms with E-state index in [1.54, 1.807) is 6.07 Å². The van der Waals surface area contributed by atoms with Crippen molar-refractivity contribution < 1.29 is 4.79 Å². The van der Waals surface area contributed by atoms with Crippen molar-refractivity contribution in [3.05, 3.63) is 35.4 Å². The number of benzene rings is 1. The van der Waals surface area contributed by atoms with E-state index in [0.717, 1.165) is 12.0 Å². The summed E-state index contributed by atoms with van der Waals surface area (Å²) in [6, 6.07) is 9.63. The van der Waals surface area contributed by atoms with Crippen LogP contribution in [-0.2, 0) is 0 Å². The van der Waals surface area contributed by atoms with Crippen LogP contribution in [0.5, 0.6) is 0 Å². The summed E-state index contributed by atoms with van der Waals surface area (Å²) in [5, 5.41) is 11.5. The molecule has 0 saturated carbocycles. The summed E-state index contributed by atoms with van der Waals surface area (Å²) in [5.41, 5.74) is 7.01. The maximum absolute atomic E-state index is 11.8. The zero-order chi connectivity index (χ0) is 13.4. The summed E-state index contributed by atoms with van der Waals surface area (Å²) in [4.78, 5) is 11.8. The lowest BCUT2D eigenvalue weighted by Gasteiger charge is -2.12. The lowest BCUT2D eigenvalue weighted by atomic mass is 9.92. The Bertz CT molecular complexity index is 437. The number of carbonyl (C=O) groups is 1. The van der Waals surface area contributed by atoms with Crippen molar-refractivity contribution in [1.82, 2.24) is 5.32 Å². The molecule has 1 unspecified atom stereocenters. The van der Waals surface area contributed by atoms with E-state index in [-0.39, 0.29) is 11.8 Å². The lowest BCUT2D eigenvalue weighted by molar-refractivity contribution is 0.0954. The van der Waals surface area contributed by atoms with Gasteiger partial charge in [-0.1, -0.05) is 19.1 Å². The Morgan fingerprint density at radius 3 is 2.94 bits per heavy atom. The van der Waals surface area contributed by atoms with Crippen LogP contribution in [0.1, 0.15) is 41.6 Å². The molecule has 18 heavy (non-hydrogen) atoms. The maximum Gasteiger partial charge on any atom is 0.251 e. The molecule has 0 fully saturated rings. The predicted molar refractivity (Wildman–Crippen MR) is 71.1 cm³/mol. The molecule has 1 aromatic rings. The van der Waals surface area contributed by atoms with Crippen molar-refractivity contribution >= 4 is 5.91 Å². The van der Waals surface area contributed by atoms with Crippen molar-refractivity contribution in [3.8, 4) is 6.07 Å². The molecule has 4 heteroatoms. The highest BCUT2D eigenvalue weighted by Gasteiger charge is 2.11. The van der Waals surface area contributed by atoms with Gasteiger partial charge in [0.05, 0.1) is 6.07 Å². The smallest absolute Gasteiger partial charge is 0.251 e. The molecule has 0 heterocycles. The molecule has 0 radical (unpaired) electrons. The summed E-state index contributed by atoms with van der Waals surface area (Å²) in [6.07, 6.45) is 1.37. The van der Waals surface area contributed by atoms with Gasteiger partial charge in [0.1, 0.15) is 0 Å². The molecule has 0 saturated heterocycles. The molecule has 4 nitrogen and oxygen atoms in total. The number of nitrogens with one attached hydrogen (secondary N) is 1. The van der Waals surface area contributed by atoms with Crippen molar-refractivity contribution in [3.63, 3.8) is 0 Å². The molecule has 1 rings (SSSR count). The van der Waals surface area contributed by atoms with Gasteiger partial charge in [0.15, 0.2) is 0 Å². The Kier molecular flexibility index (Phi) is 5.89. The Hall–Kier alpha value is -1.86. The molecule has 0 aliphatic rings. The SMILES string of the molecule is CCC(CC#N)c1cccc(C(=O)NCCN)c1. The predicted octanol–water partition coefficient (Wildman–Crippen LogP) is 1.78. The van der Waals surface area contributed by atoms with Gasteiger partial charge in [-0.15, -0.1) is 0 Å². The van der Waals surface area contributed by atoms with Gasteiger partial charge in [-0.2, -0.15) is 5.26 Å². The summed E-state index contributed by atoms with van der Waals surface area (Å²) < 4.78 is 0. The summed E-state index contributed by atoms with van der Waals surface area (Å²) in [6.45, 7) is 2.94. The van der Waals surface area contributed by atoms with Gasteiger partial charge in [-0.05, 0) is 30.0 Å².